The first-order valence-electron chi connectivity index (χ1n) is 8.99. The van der Waals surface area contributed by atoms with Crippen LogP contribution in [0.3, 0.4) is 0 Å². The molecule has 2 atom stereocenters. The van der Waals surface area contributed by atoms with Crippen LogP contribution in [-0.2, 0) is 11.2 Å². The number of carbonyl (C=O) groups excluding carboxylic acids is 1. The van der Waals surface area contributed by atoms with Gasteiger partial charge in [0.05, 0.1) is 0 Å². The third-order valence-corrected chi connectivity index (χ3v) is 5.44. The van der Waals surface area contributed by atoms with Crippen LogP contribution in [0.5, 0.6) is 0 Å². The Kier molecular flexibility index (Phi) is 5.72. The summed E-state index contributed by atoms with van der Waals surface area (Å²) < 4.78 is 18.4. The molecule has 1 aliphatic heterocycles. The maximum Gasteiger partial charge on any atom is 0.317 e. The van der Waals surface area contributed by atoms with Crippen LogP contribution >= 0.6 is 0 Å². The zero-order chi connectivity index (χ0) is 16.9. The summed E-state index contributed by atoms with van der Waals surface area (Å²) in [6.45, 7) is 1.47. The maximum absolute atomic E-state index is 13.0. The van der Waals surface area contributed by atoms with Crippen LogP contribution in [0.2, 0.25) is 0 Å². The lowest BCUT2D eigenvalue weighted by molar-refractivity contribution is 0.0520. The largest absolute Gasteiger partial charge is 0.381 e. The molecule has 2 amide bonds. The summed E-state index contributed by atoms with van der Waals surface area (Å²) in [6, 6.07) is 7.23. The van der Waals surface area contributed by atoms with Crippen molar-refractivity contribution in [3.8, 4) is 0 Å². The lowest BCUT2D eigenvalue weighted by Gasteiger charge is -2.33. The zero-order valence-electron chi connectivity index (χ0n) is 14.3. The van der Waals surface area contributed by atoms with Crippen molar-refractivity contribution in [1.82, 2.24) is 10.2 Å². The fourth-order valence-corrected chi connectivity index (χ4v) is 3.89. The molecular formula is C19H27FN2O2. The Morgan fingerprint density at radius 3 is 2.62 bits per heavy atom. The van der Waals surface area contributed by atoms with Gasteiger partial charge in [0.15, 0.2) is 0 Å². The molecule has 2 aliphatic rings. The molecule has 0 bridgehead atoms. The van der Waals surface area contributed by atoms with E-state index in [0.717, 1.165) is 57.3 Å². The van der Waals surface area contributed by atoms with Crippen LogP contribution in [0, 0.1) is 11.7 Å². The second-order valence-electron chi connectivity index (χ2n) is 7.03. The van der Waals surface area contributed by atoms with E-state index in [1.165, 1.54) is 12.1 Å². The highest BCUT2D eigenvalue weighted by atomic mass is 19.1. The Morgan fingerprint density at radius 1 is 1.21 bits per heavy atom. The Labute approximate surface area is 143 Å². The highest BCUT2D eigenvalue weighted by Crippen LogP contribution is 2.29. The summed E-state index contributed by atoms with van der Waals surface area (Å²) in [7, 11) is 1.88. The van der Waals surface area contributed by atoms with Crippen molar-refractivity contribution in [3.05, 3.63) is 35.6 Å². The highest BCUT2D eigenvalue weighted by Gasteiger charge is 2.31. The minimum Gasteiger partial charge on any atom is -0.381 e. The number of rotatable bonds is 4. The quantitative estimate of drug-likeness (QED) is 0.917. The van der Waals surface area contributed by atoms with Crippen molar-refractivity contribution in [2.75, 3.05) is 20.3 Å². The molecule has 1 N–H and O–H groups in total. The molecule has 0 radical (unpaired) electrons. The van der Waals surface area contributed by atoms with Gasteiger partial charge in [0, 0.05) is 32.3 Å². The van der Waals surface area contributed by atoms with Crippen LogP contribution < -0.4 is 5.32 Å². The van der Waals surface area contributed by atoms with Gasteiger partial charge in [-0.3, -0.25) is 0 Å². The molecule has 1 heterocycles. The third kappa shape index (κ3) is 4.26. The van der Waals surface area contributed by atoms with E-state index < -0.39 is 0 Å². The van der Waals surface area contributed by atoms with Gasteiger partial charge in [-0.15, -0.1) is 0 Å². The summed E-state index contributed by atoms with van der Waals surface area (Å²) in [5.74, 6) is 0.232. The number of halogens is 1. The van der Waals surface area contributed by atoms with E-state index >= 15 is 0 Å². The van der Waals surface area contributed by atoms with Gasteiger partial charge in [0.2, 0.25) is 0 Å². The maximum atomic E-state index is 13.0. The van der Waals surface area contributed by atoms with E-state index in [4.69, 9.17) is 4.74 Å². The number of benzene rings is 1. The topological polar surface area (TPSA) is 41.6 Å². The normalized spacial score (nSPS) is 24.8. The van der Waals surface area contributed by atoms with Crippen molar-refractivity contribution < 1.29 is 13.9 Å². The summed E-state index contributed by atoms with van der Waals surface area (Å²) >= 11 is 0. The van der Waals surface area contributed by atoms with Crippen LogP contribution in [0.1, 0.15) is 37.7 Å². The predicted octanol–water partition coefficient (Wildman–Crippen LogP) is 3.36. The summed E-state index contributed by atoms with van der Waals surface area (Å²) in [5, 5.41) is 3.23. The Bertz CT molecular complexity index is 543. The molecular weight excluding hydrogens is 307 g/mol. The van der Waals surface area contributed by atoms with E-state index in [1.54, 1.807) is 0 Å². The van der Waals surface area contributed by atoms with Gasteiger partial charge in [-0.25, -0.2) is 9.18 Å². The number of ether oxygens (including phenoxy) is 1. The van der Waals surface area contributed by atoms with Crippen LogP contribution in [-0.4, -0.2) is 43.3 Å². The van der Waals surface area contributed by atoms with E-state index in [0.29, 0.717) is 5.92 Å². The van der Waals surface area contributed by atoms with Crippen LogP contribution in [0.4, 0.5) is 9.18 Å². The average Bonchev–Trinajstić information content (AvgIpc) is 3.03. The van der Waals surface area contributed by atoms with Crippen molar-refractivity contribution in [2.24, 2.45) is 5.92 Å². The summed E-state index contributed by atoms with van der Waals surface area (Å²) in [5.41, 5.74) is 1.14. The Hall–Kier alpha value is -1.62. The molecule has 3 rings (SSSR count). The first-order valence-corrected chi connectivity index (χ1v) is 8.99. The summed E-state index contributed by atoms with van der Waals surface area (Å²) in [6.07, 6.45) is 5.99. The lowest BCUT2D eigenvalue weighted by Crippen LogP contribution is -2.49. The van der Waals surface area contributed by atoms with Crippen LogP contribution in [0.25, 0.3) is 0 Å². The predicted molar refractivity (Wildman–Crippen MR) is 91.4 cm³/mol. The Morgan fingerprint density at radius 2 is 1.92 bits per heavy atom. The number of amides is 2. The highest BCUT2D eigenvalue weighted by molar-refractivity contribution is 5.74. The number of hydrogen-bond donors (Lipinski definition) is 1. The molecule has 1 aromatic carbocycles. The monoisotopic (exact) mass is 334 g/mol. The zero-order valence-corrected chi connectivity index (χ0v) is 14.3. The Balaban J connectivity index is 1.54. The number of nitrogens with one attached hydrogen (secondary N) is 1. The van der Waals surface area contributed by atoms with Gasteiger partial charge in [0.25, 0.3) is 0 Å². The van der Waals surface area contributed by atoms with E-state index in [1.807, 2.05) is 24.1 Å². The third-order valence-electron chi connectivity index (χ3n) is 5.44. The van der Waals surface area contributed by atoms with Crippen molar-refractivity contribution in [3.63, 3.8) is 0 Å². The van der Waals surface area contributed by atoms with Crippen molar-refractivity contribution in [2.45, 2.75) is 50.6 Å². The van der Waals surface area contributed by atoms with E-state index in [-0.39, 0.29) is 23.9 Å². The van der Waals surface area contributed by atoms with Gasteiger partial charge in [-0.1, -0.05) is 18.6 Å². The number of hydrogen-bond acceptors (Lipinski definition) is 2. The molecule has 1 saturated carbocycles. The van der Waals surface area contributed by atoms with Gasteiger partial charge < -0.3 is 15.0 Å². The van der Waals surface area contributed by atoms with Gasteiger partial charge in [-0.2, -0.15) is 0 Å². The summed E-state index contributed by atoms with van der Waals surface area (Å²) in [4.78, 5) is 14.4. The van der Waals surface area contributed by atoms with Crippen LogP contribution in [0.15, 0.2) is 24.3 Å². The fraction of sp³-hybridized carbons (Fsp3) is 0.632. The fourth-order valence-electron chi connectivity index (χ4n) is 3.89. The van der Waals surface area contributed by atoms with Gasteiger partial charge in [-0.05, 0) is 55.7 Å². The number of nitrogens with zero attached hydrogens (tertiary/aromatic N) is 1. The minimum absolute atomic E-state index is 0.0258. The first kappa shape index (κ1) is 17.2. The molecule has 24 heavy (non-hydrogen) atoms. The van der Waals surface area contributed by atoms with Crippen molar-refractivity contribution >= 4 is 6.03 Å². The standard InChI is InChI=1S/C19H27FN2O2/c1-22(17-9-11-24-12-10-17)19(23)21-18-4-2-3-15(18)13-14-5-7-16(20)8-6-14/h5-8,15,17-18H,2-4,9-13H2,1H3,(H,21,23)/t15-,18-/m0/s1. The first-order chi connectivity index (χ1) is 11.6. The SMILES string of the molecule is CN(C(=O)N[C@H]1CCC[C@H]1Cc1ccc(F)cc1)C1CCOCC1. The molecule has 132 valence electrons. The second kappa shape index (κ2) is 7.97. The van der Waals surface area contributed by atoms with Crippen molar-refractivity contribution in [1.29, 1.82) is 0 Å². The molecule has 0 unspecified atom stereocenters. The molecule has 1 aromatic rings. The number of carbonyl (C=O) groups is 1. The molecule has 0 spiro atoms. The molecule has 1 saturated heterocycles. The molecule has 1 aliphatic carbocycles. The molecule has 0 aromatic heterocycles. The second-order valence-corrected chi connectivity index (χ2v) is 7.03. The van der Waals surface area contributed by atoms with Gasteiger partial charge >= 0.3 is 6.03 Å². The lowest BCUT2D eigenvalue weighted by atomic mass is 9.94. The molecule has 4 nitrogen and oxygen atoms in total. The van der Waals surface area contributed by atoms with E-state index in [9.17, 15) is 9.18 Å². The minimum atomic E-state index is -0.201. The number of urea groups is 1. The molecule has 2 fully saturated rings. The van der Waals surface area contributed by atoms with E-state index in [2.05, 4.69) is 5.32 Å². The van der Waals surface area contributed by atoms with Gasteiger partial charge in [0.1, 0.15) is 5.82 Å². The smallest absolute Gasteiger partial charge is 0.317 e. The average molecular weight is 334 g/mol. The molecule has 5 heteroatoms.